The van der Waals surface area contributed by atoms with Gasteiger partial charge in [0.1, 0.15) is 0 Å². The zero-order chi connectivity index (χ0) is 20.8. The Labute approximate surface area is 190 Å². The van der Waals surface area contributed by atoms with Crippen LogP contribution in [-0.4, -0.2) is 63.3 Å². The second kappa shape index (κ2) is 7.61. The summed E-state index contributed by atoms with van der Waals surface area (Å²) >= 11 is 5.13. The first-order valence-corrected chi connectivity index (χ1v) is 12.8. The number of anilines is 3. The van der Waals surface area contributed by atoms with Gasteiger partial charge in [-0.1, -0.05) is 0 Å². The van der Waals surface area contributed by atoms with Crippen molar-refractivity contribution in [2.75, 3.05) is 11.9 Å². The Bertz CT molecular complexity index is 1210. The Hall–Kier alpha value is -2.54. The molecule has 30 heavy (non-hydrogen) atoms. The Morgan fingerprint density at radius 1 is 1.07 bits per heavy atom. The summed E-state index contributed by atoms with van der Waals surface area (Å²) in [6.45, 7) is 0. The van der Waals surface area contributed by atoms with E-state index in [0.717, 1.165) is 20.5 Å². The second-order valence-electron chi connectivity index (χ2n) is 6.59. The fourth-order valence-electron chi connectivity index (χ4n) is 3.24. The normalized spacial score (nSPS) is 17.1. The van der Waals surface area contributed by atoms with Gasteiger partial charge in [0, 0.05) is 0 Å². The van der Waals surface area contributed by atoms with Crippen molar-refractivity contribution in [3.05, 3.63) is 64.7 Å². The number of pyridine rings is 1. The molecule has 0 atom stereocenters. The molecule has 2 aliphatic rings. The molecule has 6 nitrogen and oxygen atoms in total. The third-order valence-electron chi connectivity index (χ3n) is 4.71. The van der Waals surface area contributed by atoms with Crippen molar-refractivity contribution in [1.29, 1.82) is 0 Å². The Morgan fingerprint density at radius 2 is 1.87 bits per heavy atom. The van der Waals surface area contributed by atoms with Crippen LogP contribution in [0.2, 0.25) is 0 Å². The maximum absolute atomic E-state index is 12.5. The first-order chi connectivity index (χ1) is 14.5. The number of likely N-dealkylation sites (N-methyl/N-ethyl adjacent to an activating group) is 1. The molecule has 1 aromatic carbocycles. The van der Waals surface area contributed by atoms with Crippen LogP contribution in [0.3, 0.4) is 0 Å². The summed E-state index contributed by atoms with van der Waals surface area (Å²) < 4.78 is 4.61. The average Bonchev–Trinajstić information content (AvgIpc) is 3.21. The van der Waals surface area contributed by atoms with E-state index in [-0.39, 0.29) is 46.1 Å². The van der Waals surface area contributed by atoms with Crippen LogP contribution < -0.4 is 19.1 Å². The molecule has 2 aromatic heterocycles. The summed E-state index contributed by atoms with van der Waals surface area (Å²) in [4.78, 5) is 32.9. The van der Waals surface area contributed by atoms with Gasteiger partial charge < -0.3 is 0 Å². The number of aromatic nitrogens is 1. The molecule has 5 rings (SSSR count). The van der Waals surface area contributed by atoms with Crippen molar-refractivity contribution in [2.45, 2.75) is 0 Å². The summed E-state index contributed by atoms with van der Waals surface area (Å²) in [5.74, 6) is 0.126. The molecule has 148 valence electrons. The van der Waals surface area contributed by atoms with Gasteiger partial charge in [0.15, 0.2) is 0 Å². The Balaban J connectivity index is 1.56. The molecule has 1 fully saturated rings. The van der Waals surface area contributed by atoms with Crippen molar-refractivity contribution in [3.8, 4) is 0 Å². The molecule has 0 spiro atoms. The molecule has 3 aromatic rings. The number of para-hydroxylation sites is 1. The second-order valence-corrected chi connectivity index (χ2v) is 11.5. The van der Waals surface area contributed by atoms with E-state index in [0.29, 0.717) is 0 Å². The Kier molecular flexibility index (Phi) is 4.93. The minimum atomic E-state index is -0.453. The van der Waals surface area contributed by atoms with Crippen molar-refractivity contribution in [2.24, 2.45) is 0 Å². The standard InChI is InChI=1S/C21H14N4O2SSe2/c1-24-20(27)13(19(26)23-21(24)28)11-12-8-9-17(29-12)25-14-5-2-3-6-15(14)30-16-7-4-10-22-18(16)25/h2-11H,1H3,(H,23,26,28)/b13-11+. The van der Waals surface area contributed by atoms with Gasteiger partial charge in [-0.2, -0.15) is 0 Å². The van der Waals surface area contributed by atoms with E-state index in [9.17, 15) is 9.59 Å². The van der Waals surface area contributed by atoms with Crippen LogP contribution in [0.5, 0.6) is 0 Å². The monoisotopic (exact) mass is 546 g/mol. The van der Waals surface area contributed by atoms with Crippen LogP contribution in [0, 0.1) is 0 Å². The predicted octanol–water partition coefficient (Wildman–Crippen LogP) is 0.833. The predicted molar refractivity (Wildman–Crippen MR) is 122 cm³/mol. The van der Waals surface area contributed by atoms with E-state index in [1.807, 2.05) is 24.4 Å². The zero-order valence-electron chi connectivity index (χ0n) is 15.7. The average molecular weight is 544 g/mol. The van der Waals surface area contributed by atoms with Crippen LogP contribution in [0.25, 0.3) is 6.08 Å². The van der Waals surface area contributed by atoms with Crippen molar-refractivity contribution < 1.29 is 9.59 Å². The fraction of sp³-hybridized carbons (Fsp3) is 0.0476. The summed E-state index contributed by atoms with van der Waals surface area (Å²) in [5.41, 5.74) is 1.26. The van der Waals surface area contributed by atoms with Crippen LogP contribution in [0.1, 0.15) is 4.44 Å². The third-order valence-corrected chi connectivity index (χ3v) is 9.54. The van der Waals surface area contributed by atoms with Gasteiger partial charge >= 0.3 is 191 Å². The number of amides is 2. The molecule has 0 radical (unpaired) electrons. The summed E-state index contributed by atoms with van der Waals surface area (Å²) in [6, 6.07) is 16.5. The number of thiocarbonyl (C=S) groups is 1. The van der Waals surface area contributed by atoms with Crippen molar-refractivity contribution in [3.63, 3.8) is 0 Å². The molecule has 2 amide bonds. The summed E-state index contributed by atoms with van der Waals surface area (Å²) in [6.07, 6.45) is 3.50. The molecule has 2 aliphatic heterocycles. The molecule has 0 bridgehead atoms. The fourth-order valence-corrected chi connectivity index (χ4v) is 7.60. The number of nitrogens with zero attached hydrogens (tertiary/aromatic N) is 3. The Morgan fingerprint density at radius 3 is 2.73 bits per heavy atom. The maximum atomic E-state index is 12.5. The number of carbonyl (C=O) groups excluding carboxylic acids is 2. The van der Waals surface area contributed by atoms with Crippen LogP contribution >= 0.6 is 12.2 Å². The number of benzene rings is 1. The number of nitrogens with one attached hydrogen (secondary N) is 1. The van der Waals surface area contributed by atoms with Gasteiger partial charge in [-0.25, -0.2) is 0 Å². The van der Waals surface area contributed by atoms with Gasteiger partial charge in [-0.15, -0.1) is 0 Å². The van der Waals surface area contributed by atoms with E-state index in [1.165, 1.54) is 13.8 Å². The first kappa shape index (κ1) is 19.4. The number of rotatable bonds is 2. The van der Waals surface area contributed by atoms with Crippen LogP contribution in [0.15, 0.2) is 60.3 Å². The number of fused-ring (bicyclic) bond motifs is 2. The first-order valence-electron chi connectivity index (χ1n) is 9.00. The molecular formula is C21H14N4O2SSe2. The van der Waals surface area contributed by atoms with Crippen molar-refractivity contribution >= 4 is 89.7 Å². The van der Waals surface area contributed by atoms with Gasteiger partial charge in [0.2, 0.25) is 0 Å². The van der Waals surface area contributed by atoms with Crippen LogP contribution in [-0.2, 0) is 9.59 Å². The molecule has 1 N–H and O–H groups in total. The van der Waals surface area contributed by atoms with E-state index in [4.69, 9.17) is 12.2 Å². The zero-order valence-corrected chi connectivity index (χ0v) is 19.9. The van der Waals surface area contributed by atoms with E-state index in [1.54, 1.807) is 13.1 Å². The van der Waals surface area contributed by atoms with Crippen molar-refractivity contribution in [1.82, 2.24) is 15.2 Å². The molecule has 0 aliphatic carbocycles. The molecule has 0 saturated carbocycles. The molecule has 4 heterocycles. The SMILES string of the molecule is CN1C(=O)/C(=C/c2ccc(N3c4ccccc4[Se]c4cccnc43)[se]2)C(=O)NC1=S. The summed E-state index contributed by atoms with van der Waals surface area (Å²) in [7, 11) is 1.56. The number of carbonyl (C=O) groups is 2. The van der Waals surface area contributed by atoms with Gasteiger partial charge in [0.05, 0.1) is 0 Å². The molecular weight excluding hydrogens is 530 g/mol. The molecule has 1 saturated heterocycles. The number of hydrogen-bond acceptors (Lipinski definition) is 5. The van der Waals surface area contributed by atoms with E-state index in [2.05, 4.69) is 45.5 Å². The topological polar surface area (TPSA) is 65.5 Å². The molecule has 0 unspecified atom stereocenters. The van der Waals surface area contributed by atoms with Gasteiger partial charge in [-0.05, 0) is 0 Å². The van der Waals surface area contributed by atoms with Crippen LogP contribution in [0.4, 0.5) is 16.1 Å². The number of hydrogen-bond donors (Lipinski definition) is 1. The quantitative estimate of drug-likeness (QED) is 0.176. The van der Waals surface area contributed by atoms with E-state index < -0.39 is 5.91 Å². The summed E-state index contributed by atoms with van der Waals surface area (Å²) in [5, 5.41) is 2.68. The third kappa shape index (κ3) is 3.25. The minimum absolute atomic E-state index is 0.0870. The van der Waals surface area contributed by atoms with Gasteiger partial charge in [0.25, 0.3) is 0 Å². The van der Waals surface area contributed by atoms with Gasteiger partial charge in [-0.3, -0.25) is 0 Å². The van der Waals surface area contributed by atoms with E-state index >= 15 is 0 Å². The molecule has 9 heteroatoms.